The molecule has 0 bridgehead atoms. The summed E-state index contributed by atoms with van der Waals surface area (Å²) in [5.41, 5.74) is 0.973. The van der Waals surface area contributed by atoms with Gasteiger partial charge in [-0.15, -0.1) is 0 Å². The van der Waals surface area contributed by atoms with Gasteiger partial charge in [0.05, 0.1) is 17.3 Å². The molecule has 0 radical (unpaired) electrons. The highest BCUT2D eigenvalue weighted by atomic mass is 127. The van der Waals surface area contributed by atoms with Crippen molar-refractivity contribution in [3.8, 4) is 0 Å². The van der Waals surface area contributed by atoms with E-state index in [2.05, 4.69) is 34.8 Å². The Hall–Kier alpha value is -0.0000000000000000555. The van der Waals surface area contributed by atoms with Gasteiger partial charge in [0.1, 0.15) is 0 Å². The second-order valence-electron chi connectivity index (χ2n) is 3.52. The molecule has 0 amide bonds. The van der Waals surface area contributed by atoms with Crippen molar-refractivity contribution in [3.05, 3.63) is 26.8 Å². The fourth-order valence-electron chi connectivity index (χ4n) is 1.24. The summed E-state index contributed by atoms with van der Waals surface area (Å²) in [6.45, 7) is 4.53. The first-order valence-electron chi connectivity index (χ1n) is 5.50. The van der Waals surface area contributed by atoms with E-state index in [1.165, 1.54) is 6.42 Å². The SMILES string of the molecule is CCCCOCCNc1ccc(I)cc1Cl. The van der Waals surface area contributed by atoms with Crippen LogP contribution in [0.2, 0.25) is 5.02 Å². The molecular formula is C12H17ClINO. The summed E-state index contributed by atoms with van der Waals surface area (Å²) in [6.07, 6.45) is 2.31. The molecule has 1 rings (SSSR count). The number of rotatable bonds is 7. The van der Waals surface area contributed by atoms with Gasteiger partial charge in [-0.3, -0.25) is 0 Å². The highest BCUT2D eigenvalue weighted by Gasteiger charge is 1.99. The van der Waals surface area contributed by atoms with Crippen molar-refractivity contribution in [3.63, 3.8) is 0 Å². The normalized spacial score (nSPS) is 10.4. The molecule has 4 heteroatoms. The highest BCUT2D eigenvalue weighted by molar-refractivity contribution is 14.1. The zero-order valence-corrected chi connectivity index (χ0v) is 12.3. The van der Waals surface area contributed by atoms with Crippen molar-refractivity contribution in [2.24, 2.45) is 0 Å². The van der Waals surface area contributed by atoms with Crippen molar-refractivity contribution in [1.82, 2.24) is 0 Å². The minimum Gasteiger partial charge on any atom is -0.382 e. The zero-order valence-electron chi connectivity index (χ0n) is 9.43. The number of unbranched alkanes of at least 4 members (excludes halogenated alkanes) is 1. The molecule has 0 saturated heterocycles. The lowest BCUT2D eigenvalue weighted by molar-refractivity contribution is 0.141. The molecule has 0 aliphatic carbocycles. The van der Waals surface area contributed by atoms with Gasteiger partial charge in [0.25, 0.3) is 0 Å². The summed E-state index contributed by atoms with van der Waals surface area (Å²) in [5.74, 6) is 0. The number of hydrogen-bond donors (Lipinski definition) is 1. The third-order valence-corrected chi connectivity index (χ3v) is 3.12. The summed E-state index contributed by atoms with van der Waals surface area (Å²) in [6, 6.07) is 5.98. The van der Waals surface area contributed by atoms with Gasteiger partial charge in [0.2, 0.25) is 0 Å². The van der Waals surface area contributed by atoms with Crippen LogP contribution in [0, 0.1) is 3.57 Å². The van der Waals surface area contributed by atoms with E-state index in [1.807, 2.05) is 18.2 Å². The van der Waals surface area contributed by atoms with Crippen LogP contribution in [0.15, 0.2) is 18.2 Å². The molecule has 0 unspecified atom stereocenters. The fourth-order valence-corrected chi connectivity index (χ4v) is 2.16. The highest BCUT2D eigenvalue weighted by Crippen LogP contribution is 2.23. The monoisotopic (exact) mass is 353 g/mol. The van der Waals surface area contributed by atoms with Gasteiger partial charge < -0.3 is 10.1 Å². The molecule has 0 aliphatic heterocycles. The Bertz CT molecular complexity index is 320. The molecule has 16 heavy (non-hydrogen) atoms. The number of anilines is 1. The Morgan fingerprint density at radius 2 is 2.19 bits per heavy atom. The maximum atomic E-state index is 6.08. The molecule has 0 saturated carbocycles. The van der Waals surface area contributed by atoms with Crippen LogP contribution in [0.3, 0.4) is 0 Å². The van der Waals surface area contributed by atoms with Crippen LogP contribution >= 0.6 is 34.2 Å². The van der Waals surface area contributed by atoms with Gasteiger partial charge in [-0.05, 0) is 47.2 Å². The largest absolute Gasteiger partial charge is 0.382 e. The van der Waals surface area contributed by atoms with Gasteiger partial charge in [0, 0.05) is 16.7 Å². The van der Waals surface area contributed by atoms with Crippen molar-refractivity contribution in [1.29, 1.82) is 0 Å². The molecule has 90 valence electrons. The predicted molar refractivity (Wildman–Crippen MR) is 78.4 cm³/mol. The summed E-state index contributed by atoms with van der Waals surface area (Å²) >= 11 is 8.33. The Balaban J connectivity index is 2.21. The fraction of sp³-hybridized carbons (Fsp3) is 0.500. The molecule has 0 heterocycles. The van der Waals surface area contributed by atoms with Crippen molar-refractivity contribution in [2.75, 3.05) is 25.1 Å². The van der Waals surface area contributed by atoms with Gasteiger partial charge in [-0.1, -0.05) is 24.9 Å². The van der Waals surface area contributed by atoms with E-state index in [-0.39, 0.29) is 0 Å². The van der Waals surface area contributed by atoms with Crippen LogP contribution < -0.4 is 5.32 Å². The first-order chi connectivity index (χ1) is 7.74. The Morgan fingerprint density at radius 3 is 2.88 bits per heavy atom. The quantitative estimate of drug-likeness (QED) is 0.587. The maximum absolute atomic E-state index is 6.08. The summed E-state index contributed by atoms with van der Waals surface area (Å²) in [4.78, 5) is 0. The summed E-state index contributed by atoms with van der Waals surface area (Å²) in [5, 5.41) is 4.02. The minimum absolute atomic E-state index is 0.725. The molecule has 2 nitrogen and oxygen atoms in total. The molecule has 1 N–H and O–H groups in total. The summed E-state index contributed by atoms with van der Waals surface area (Å²) in [7, 11) is 0. The first-order valence-corrected chi connectivity index (χ1v) is 6.96. The lowest BCUT2D eigenvalue weighted by Gasteiger charge is -2.09. The number of nitrogens with one attached hydrogen (secondary N) is 1. The average molecular weight is 354 g/mol. The Kier molecular flexibility index (Phi) is 7.16. The van der Waals surface area contributed by atoms with Crippen molar-refractivity contribution < 1.29 is 4.74 Å². The van der Waals surface area contributed by atoms with Gasteiger partial charge >= 0.3 is 0 Å². The first kappa shape index (κ1) is 14.1. The third-order valence-electron chi connectivity index (χ3n) is 2.14. The van der Waals surface area contributed by atoms with Crippen LogP contribution in [0.25, 0.3) is 0 Å². The molecule has 0 spiro atoms. The van der Waals surface area contributed by atoms with E-state index in [0.717, 1.165) is 40.5 Å². The van der Waals surface area contributed by atoms with Crippen LogP contribution in [0.4, 0.5) is 5.69 Å². The Morgan fingerprint density at radius 1 is 1.38 bits per heavy atom. The van der Waals surface area contributed by atoms with Crippen LogP contribution in [0.1, 0.15) is 19.8 Å². The smallest absolute Gasteiger partial charge is 0.0648 e. The predicted octanol–water partition coefficient (Wildman–Crippen LogP) is 4.17. The zero-order chi connectivity index (χ0) is 11.8. The number of ether oxygens (including phenoxy) is 1. The minimum atomic E-state index is 0.725. The number of benzene rings is 1. The summed E-state index contributed by atoms with van der Waals surface area (Å²) < 4.78 is 6.60. The van der Waals surface area contributed by atoms with Gasteiger partial charge in [0.15, 0.2) is 0 Å². The number of halogens is 2. The number of hydrogen-bond acceptors (Lipinski definition) is 2. The maximum Gasteiger partial charge on any atom is 0.0648 e. The van der Waals surface area contributed by atoms with Crippen molar-refractivity contribution >= 4 is 39.9 Å². The molecule has 0 fully saturated rings. The van der Waals surface area contributed by atoms with E-state index < -0.39 is 0 Å². The van der Waals surface area contributed by atoms with E-state index in [1.54, 1.807) is 0 Å². The molecule has 1 aromatic carbocycles. The average Bonchev–Trinajstić information content (AvgIpc) is 2.26. The standard InChI is InChI=1S/C12H17ClINO/c1-2-3-7-16-8-6-15-12-5-4-10(14)9-11(12)13/h4-5,9,15H,2-3,6-8H2,1H3. The molecule has 1 aromatic rings. The van der Waals surface area contributed by atoms with E-state index in [9.17, 15) is 0 Å². The lowest BCUT2D eigenvalue weighted by Crippen LogP contribution is -2.10. The van der Waals surface area contributed by atoms with E-state index in [0.29, 0.717) is 0 Å². The van der Waals surface area contributed by atoms with E-state index >= 15 is 0 Å². The van der Waals surface area contributed by atoms with Crippen LogP contribution in [-0.4, -0.2) is 19.8 Å². The van der Waals surface area contributed by atoms with Crippen LogP contribution in [0.5, 0.6) is 0 Å². The topological polar surface area (TPSA) is 21.3 Å². The van der Waals surface area contributed by atoms with E-state index in [4.69, 9.17) is 16.3 Å². The van der Waals surface area contributed by atoms with Gasteiger partial charge in [-0.25, -0.2) is 0 Å². The second-order valence-corrected chi connectivity index (χ2v) is 5.17. The molecular weight excluding hydrogens is 336 g/mol. The molecule has 0 aliphatic rings. The second kappa shape index (κ2) is 8.14. The lowest BCUT2D eigenvalue weighted by atomic mass is 10.3. The van der Waals surface area contributed by atoms with Gasteiger partial charge in [-0.2, -0.15) is 0 Å². The Labute approximate surface area is 116 Å². The molecule has 0 aromatic heterocycles. The van der Waals surface area contributed by atoms with Crippen LogP contribution in [-0.2, 0) is 4.74 Å². The van der Waals surface area contributed by atoms with Crippen molar-refractivity contribution in [2.45, 2.75) is 19.8 Å². The third kappa shape index (κ3) is 5.37. The molecule has 0 atom stereocenters.